The number of nitrogens with two attached hydrogens (primary N) is 1. The molecular formula is C15H19F2NO2. The first-order valence-electron chi connectivity index (χ1n) is 6.73. The summed E-state index contributed by atoms with van der Waals surface area (Å²) >= 11 is 0. The Kier molecular flexibility index (Phi) is 4.38. The SMILES string of the molecule is COC(=O)C(CN)(Cc1cc(F)ccc1F)CC1CC1. The zero-order chi connectivity index (χ0) is 14.8. The Hall–Kier alpha value is -1.49. The largest absolute Gasteiger partial charge is 0.469 e. The molecule has 1 saturated carbocycles. The van der Waals surface area contributed by atoms with Gasteiger partial charge in [0.2, 0.25) is 0 Å². The van der Waals surface area contributed by atoms with Crippen LogP contribution in [0.2, 0.25) is 0 Å². The first kappa shape index (κ1) is 14.9. The first-order valence-corrected chi connectivity index (χ1v) is 6.73. The molecule has 0 bridgehead atoms. The number of halogens is 2. The van der Waals surface area contributed by atoms with Crippen LogP contribution in [0.5, 0.6) is 0 Å². The van der Waals surface area contributed by atoms with Crippen molar-refractivity contribution in [1.82, 2.24) is 0 Å². The summed E-state index contributed by atoms with van der Waals surface area (Å²) in [7, 11) is 1.29. The molecule has 0 aromatic heterocycles. The number of benzene rings is 1. The minimum absolute atomic E-state index is 0.0616. The smallest absolute Gasteiger partial charge is 0.313 e. The van der Waals surface area contributed by atoms with Gasteiger partial charge in [0.05, 0.1) is 12.5 Å². The van der Waals surface area contributed by atoms with Gasteiger partial charge in [-0.15, -0.1) is 0 Å². The number of methoxy groups -OCH3 is 1. The van der Waals surface area contributed by atoms with Crippen LogP contribution in [0.1, 0.15) is 24.8 Å². The highest BCUT2D eigenvalue weighted by molar-refractivity contribution is 5.77. The third-order valence-corrected chi connectivity index (χ3v) is 3.92. The van der Waals surface area contributed by atoms with Crippen LogP contribution in [0.3, 0.4) is 0 Å². The van der Waals surface area contributed by atoms with Crippen LogP contribution < -0.4 is 5.73 Å². The van der Waals surface area contributed by atoms with Gasteiger partial charge in [-0.2, -0.15) is 0 Å². The van der Waals surface area contributed by atoms with Gasteiger partial charge in [-0.05, 0) is 42.5 Å². The van der Waals surface area contributed by atoms with Crippen molar-refractivity contribution in [2.24, 2.45) is 17.1 Å². The summed E-state index contributed by atoms with van der Waals surface area (Å²) in [4.78, 5) is 12.1. The second-order valence-corrected chi connectivity index (χ2v) is 5.54. The van der Waals surface area contributed by atoms with Gasteiger partial charge in [-0.3, -0.25) is 4.79 Å². The molecule has 1 aliphatic carbocycles. The molecule has 0 aliphatic heterocycles. The number of esters is 1. The van der Waals surface area contributed by atoms with E-state index >= 15 is 0 Å². The Morgan fingerprint density at radius 1 is 1.45 bits per heavy atom. The van der Waals surface area contributed by atoms with Gasteiger partial charge >= 0.3 is 5.97 Å². The molecule has 1 unspecified atom stereocenters. The highest BCUT2D eigenvalue weighted by Crippen LogP contribution is 2.42. The van der Waals surface area contributed by atoms with E-state index < -0.39 is 23.0 Å². The highest BCUT2D eigenvalue weighted by Gasteiger charge is 2.43. The van der Waals surface area contributed by atoms with E-state index in [0.717, 1.165) is 31.0 Å². The number of rotatable bonds is 6. The maximum Gasteiger partial charge on any atom is 0.313 e. The molecule has 2 rings (SSSR count). The van der Waals surface area contributed by atoms with Crippen LogP contribution in [0.4, 0.5) is 8.78 Å². The molecule has 0 saturated heterocycles. The zero-order valence-corrected chi connectivity index (χ0v) is 11.5. The molecule has 1 fully saturated rings. The summed E-state index contributed by atoms with van der Waals surface area (Å²) in [6.07, 6.45) is 2.72. The van der Waals surface area contributed by atoms with Gasteiger partial charge in [0, 0.05) is 6.54 Å². The average molecular weight is 283 g/mol. The lowest BCUT2D eigenvalue weighted by atomic mass is 9.77. The van der Waals surface area contributed by atoms with Crippen molar-refractivity contribution < 1.29 is 18.3 Å². The predicted octanol–water partition coefficient (Wildman–Crippen LogP) is 2.43. The fourth-order valence-corrected chi connectivity index (χ4v) is 2.60. The van der Waals surface area contributed by atoms with Gasteiger partial charge in [0.25, 0.3) is 0 Å². The molecule has 0 heterocycles. The second kappa shape index (κ2) is 5.87. The topological polar surface area (TPSA) is 52.3 Å². The molecule has 0 spiro atoms. The maximum absolute atomic E-state index is 13.8. The fraction of sp³-hybridized carbons (Fsp3) is 0.533. The third kappa shape index (κ3) is 3.15. The minimum Gasteiger partial charge on any atom is -0.469 e. The van der Waals surface area contributed by atoms with Crippen molar-refractivity contribution in [2.45, 2.75) is 25.7 Å². The van der Waals surface area contributed by atoms with Crippen molar-refractivity contribution in [3.8, 4) is 0 Å². The molecule has 0 amide bonds. The normalized spacial score (nSPS) is 17.6. The summed E-state index contributed by atoms with van der Waals surface area (Å²) in [6.45, 7) is 0.0616. The van der Waals surface area contributed by atoms with Gasteiger partial charge < -0.3 is 10.5 Å². The van der Waals surface area contributed by atoms with Crippen LogP contribution in [0, 0.1) is 23.0 Å². The Morgan fingerprint density at radius 2 is 2.15 bits per heavy atom. The van der Waals surface area contributed by atoms with Gasteiger partial charge in [-0.25, -0.2) is 8.78 Å². The van der Waals surface area contributed by atoms with E-state index in [1.807, 2.05) is 0 Å². The molecular weight excluding hydrogens is 264 g/mol. The summed E-state index contributed by atoms with van der Waals surface area (Å²) in [5, 5.41) is 0. The molecule has 3 nitrogen and oxygen atoms in total. The van der Waals surface area contributed by atoms with E-state index in [-0.39, 0.29) is 18.5 Å². The van der Waals surface area contributed by atoms with Crippen molar-refractivity contribution in [3.05, 3.63) is 35.4 Å². The van der Waals surface area contributed by atoms with E-state index in [9.17, 15) is 13.6 Å². The Labute approximate surface area is 117 Å². The van der Waals surface area contributed by atoms with Crippen LogP contribution in [0.25, 0.3) is 0 Å². The van der Waals surface area contributed by atoms with Crippen LogP contribution >= 0.6 is 0 Å². The van der Waals surface area contributed by atoms with E-state index in [1.165, 1.54) is 7.11 Å². The summed E-state index contributed by atoms with van der Waals surface area (Å²) in [6, 6.07) is 3.25. The van der Waals surface area contributed by atoms with E-state index in [0.29, 0.717) is 12.3 Å². The molecule has 0 radical (unpaired) electrons. The molecule has 20 heavy (non-hydrogen) atoms. The number of hydrogen-bond donors (Lipinski definition) is 1. The number of hydrogen-bond acceptors (Lipinski definition) is 3. The lowest BCUT2D eigenvalue weighted by Gasteiger charge is -2.30. The molecule has 5 heteroatoms. The molecule has 1 aromatic rings. The number of carbonyl (C=O) groups excluding carboxylic acids is 1. The second-order valence-electron chi connectivity index (χ2n) is 5.54. The number of ether oxygens (including phenoxy) is 1. The standard InChI is InChI=1S/C15H19F2NO2/c1-20-14(19)15(9-18,7-10-2-3-10)8-11-6-12(16)4-5-13(11)17/h4-6,10H,2-3,7-9,18H2,1H3. The monoisotopic (exact) mass is 283 g/mol. The van der Waals surface area contributed by atoms with Gasteiger partial charge in [0.1, 0.15) is 11.6 Å². The van der Waals surface area contributed by atoms with Crippen LogP contribution in [-0.2, 0) is 16.0 Å². The average Bonchev–Trinajstić information content (AvgIpc) is 3.25. The Balaban J connectivity index is 2.30. The van der Waals surface area contributed by atoms with Crippen molar-refractivity contribution in [3.63, 3.8) is 0 Å². The first-order chi connectivity index (χ1) is 9.50. The fourth-order valence-electron chi connectivity index (χ4n) is 2.60. The van der Waals surface area contributed by atoms with Crippen LogP contribution in [-0.4, -0.2) is 19.6 Å². The lowest BCUT2D eigenvalue weighted by molar-refractivity contribution is -0.153. The maximum atomic E-state index is 13.8. The van der Waals surface area contributed by atoms with E-state index in [1.54, 1.807) is 0 Å². The van der Waals surface area contributed by atoms with Crippen molar-refractivity contribution >= 4 is 5.97 Å². The molecule has 110 valence electrons. The quantitative estimate of drug-likeness (QED) is 0.816. The van der Waals surface area contributed by atoms with E-state index in [2.05, 4.69) is 0 Å². The van der Waals surface area contributed by atoms with Crippen molar-refractivity contribution in [1.29, 1.82) is 0 Å². The molecule has 1 aliphatic rings. The van der Waals surface area contributed by atoms with Crippen molar-refractivity contribution in [2.75, 3.05) is 13.7 Å². The van der Waals surface area contributed by atoms with Crippen LogP contribution in [0.15, 0.2) is 18.2 Å². The summed E-state index contributed by atoms with van der Waals surface area (Å²) in [5.41, 5.74) is 4.98. The Bertz CT molecular complexity index is 503. The lowest BCUT2D eigenvalue weighted by Crippen LogP contribution is -2.42. The Morgan fingerprint density at radius 3 is 2.70 bits per heavy atom. The molecule has 1 atom stereocenters. The zero-order valence-electron chi connectivity index (χ0n) is 11.5. The minimum atomic E-state index is -0.968. The van der Waals surface area contributed by atoms with E-state index in [4.69, 9.17) is 10.5 Å². The summed E-state index contributed by atoms with van der Waals surface area (Å²) in [5.74, 6) is -1.07. The van der Waals surface area contributed by atoms with Gasteiger partial charge in [0.15, 0.2) is 0 Å². The molecule has 2 N–H and O–H groups in total. The summed E-state index contributed by atoms with van der Waals surface area (Å²) < 4.78 is 31.9. The molecule has 1 aromatic carbocycles. The third-order valence-electron chi connectivity index (χ3n) is 3.92. The predicted molar refractivity (Wildman–Crippen MR) is 70.9 cm³/mol. The highest BCUT2D eigenvalue weighted by atomic mass is 19.1. The number of carbonyl (C=O) groups is 1. The van der Waals surface area contributed by atoms with Gasteiger partial charge in [-0.1, -0.05) is 12.8 Å².